The summed E-state index contributed by atoms with van der Waals surface area (Å²) in [6.45, 7) is 1.54. The molecule has 0 atom stereocenters. The highest BCUT2D eigenvalue weighted by atomic mass is 32.2. The van der Waals surface area contributed by atoms with Crippen molar-refractivity contribution in [2.24, 2.45) is 0 Å². The summed E-state index contributed by atoms with van der Waals surface area (Å²) in [6, 6.07) is 13.9. The van der Waals surface area contributed by atoms with Crippen LogP contribution in [-0.2, 0) is 16.4 Å². The highest BCUT2D eigenvalue weighted by Gasteiger charge is 2.27. The van der Waals surface area contributed by atoms with Gasteiger partial charge in [0.25, 0.3) is 5.91 Å². The normalized spacial score (nSPS) is 14.9. The Morgan fingerprint density at radius 1 is 1.11 bits per heavy atom. The van der Waals surface area contributed by atoms with Crippen LogP contribution in [0.1, 0.15) is 28.8 Å². The molecule has 0 bridgehead atoms. The quantitative estimate of drug-likeness (QED) is 0.791. The molecule has 1 amide bonds. The maximum atomic E-state index is 12.7. The third-order valence-electron chi connectivity index (χ3n) is 4.63. The van der Waals surface area contributed by atoms with E-state index in [1.807, 2.05) is 24.3 Å². The van der Waals surface area contributed by atoms with Gasteiger partial charge in [0.15, 0.2) is 0 Å². The number of sulfonamides is 1. The molecule has 7 heteroatoms. The van der Waals surface area contributed by atoms with Crippen molar-refractivity contribution in [1.29, 1.82) is 0 Å². The van der Waals surface area contributed by atoms with Gasteiger partial charge in [-0.05, 0) is 55.2 Å². The molecule has 144 valence electrons. The number of carbonyl (C=O) groups is 1. The van der Waals surface area contributed by atoms with Crippen molar-refractivity contribution < 1.29 is 17.9 Å². The summed E-state index contributed by atoms with van der Waals surface area (Å²) in [5, 5.41) is 2.84. The number of nitrogens with one attached hydrogen (secondary N) is 1. The number of methoxy groups -OCH3 is 1. The summed E-state index contributed by atoms with van der Waals surface area (Å²) in [5.41, 5.74) is 1.40. The summed E-state index contributed by atoms with van der Waals surface area (Å²) in [6.07, 6.45) is 2.42. The molecule has 1 heterocycles. The van der Waals surface area contributed by atoms with Gasteiger partial charge in [0.05, 0.1) is 12.0 Å². The first-order valence-electron chi connectivity index (χ1n) is 9.02. The Labute approximate surface area is 160 Å². The molecule has 0 saturated carbocycles. The first-order chi connectivity index (χ1) is 13.0. The zero-order chi connectivity index (χ0) is 19.3. The summed E-state index contributed by atoms with van der Waals surface area (Å²) in [7, 11) is -1.91. The SMILES string of the molecule is COc1cccc(CCNC(=O)c2cccc(S(=O)(=O)N3CCCC3)c2)c1. The molecule has 2 aromatic rings. The van der Waals surface area contributed by atoms with Gasteiger partial charge in [0.1, 0.15) is 5.75 Å². The van der Waals surface area contributed by atoms with Crippen molar-refractivity contribution in [2.75, 3.05) is 26.7 Å². The minimum Gasteiger partial charge on any atom is -0.497 e. The molecule has 2 aromatic carbocycles. The number of amides is 1. The van der Waals surface area contributed by atoms with Crippen molar-refractivity contribution in [3.05, 3.63) is 59.7 Å². The lowest BCUT2D eigenvalue weighted by Crippen LogP contribution is -2.29. The fourth-order valence-electron chi connectivity index (χ4n) is 3.13. The Hall–Kier alpha value is -2.38. The molecule has 0 aromatic heterocycles. The van der Waals surface area contributed by atoms with E-state index in [2.05, 4.69) is 5.32 Å². The molecular weight excluding hydrogens is 364 g/mol. The standard InChI is InChI=1S/C20H24N2O4S/c1-26-18-8-4-6-16(14-18)10-11-21-20(23)17-7-5-9-19(15-17)27(24,25)22-12-2-3-13-22/h4-9,14-15H,2-3,10-13H2,1H3,(H,21,23). The minimum atomic E-state index is -3.53. The molecular formula is C20H24N2O4S. The molecule has 1 aliphatic rings. The van der Waals surface area contributed by atoms with Gasteiger partial charge in [-0.1, -0.05) is 18.2 Å². The number of nitrogens with zero attached hydrogens (tertiary/aromatic N) is 1. The van der Waals surface area contributed by atoms with Gasteiger partial charge in [-0.15, -0.1) is 0 Å². The number of hydrogen-bond acceptors (Lipinski definition) is 4. The van der Waals surface area contributed by atoms with Crippen molar-refractivity contribution in [2.45, 2.75) is 24.2 Å². The van der Waals surface area contributed by atoms with Gasteiger partial charge in [-0.2, -0.15) is 4.31 Å². The summed E-state index contributed by atoms with van der Waals surface area (Å²) < 4.78 is 32.0. The third kappa shape index (κ3) is 4.67. The van der Waals surface area contributed by atoms with Crippen molar-refractivity contribution in [3.63, 3.8) is 0 Å². The minimum absolute atomic E-state index is 0.171. The van der Waals surface area contributed by atoms with E-state index >= 15 is 0 Å². The van der Waals surface area contributed by atoms with Crippen LogP contribution in [0.4, 0.5) is 0 Å². The smallest absolute Gasteiger partial charge is 0.251 e. The molecule has 0 radical (unpaired) electrons. The van der Waals surface area contributed by atoms with Gasteiger partial charge in [-0.25, -0.2) is 8.42 Å². The number of carbonyl (C=O) groups excluding carboxylic acids is 1. The Balaban J connectivity index is 1.63. The van der Waals surface area contributed by atoms with Crippen LogP contribution in [0.3, 0.4) is 0 Å². The van der Waals surface area contributed by atoms with Crippen LogP contribution in [-0.4, -0.2) is 45.4 Å². The van der Waals surface area contributed by atoms with Crippen LogP contribution in [0.2, 0.25) is 0 Å². The van der Waals surface area contributed by atoms with E-state index in [0.29, 0.717) is 31.6 Å². The Kier molecular flexibility index (Phi) is 6.13. The molecule has 0 spiro atoms. The van der Waals surface area contributed by atoms with E-state index in [9.17, 15) is 13.2 Å². The van der Waals surface area contributed by atoms with Gasteiger partial charge >= 0.3 is 0 Å². The lowest BCUT2D eigenvalue weighted by Gasteiger charge is -2.16. The third-order valence-corrected chi connectivity index (χ3v) is 6.53. The fourth-order valence-corrected chi connectivity index (χ4v) is 4.69. The van der Waals surface area contributed by atoms with Crippen LogP contribution in [0.15, 0.2) is 53.4 Å². The van der Waals surface area contributed by atoms with E-state index in [-0.39, 0.29) is 10.8 Å². The highest BCUT2D eigenvalue weighted by Crippen LogP contribution is 2.21. The molecule has 3 rings (SSSR count). The molecule has 1 aliphatic heterocycles. The number of hydrogen-bond donors (Lipinski definition) is 1. The first kappa shape index (κ1) is 19.4. The lowest BCUT2D eigenvalue weighted by molar-refractivity contribution is 0.0954. The second kappa shape index (κ2) is 8.54. The predicted octanol–water partition coefficient (Wildman–Crippen LogP) is 2.45. The van der Waals surface area contributed by atoms with Gasteiger partial charge in [0.2, 0.25) is 10.0 Å². The van der Waals surface area contributed by atoms with Gasteiger partial charge in [-0.3, -0.25) is 4.79 Å². The number of rotatable bonds is 7. The maximum Gasteiger partial charge on any atom is 0.251 e. The Morgan fingerprint density at radius 2 is 1.85 bits per heavy atom. The molecule has 6 nitrogen and oxygen atoms in total. The largest absolute Gasteiger partial charge is 0.497 e. The molecule has 0 unspecified atom stereocenters. The number of benzene rings is 2. The fraction of sp³-hybridized carbons (Fsp3) is 0.350. The average molecular weight is 388 g/mol. The van der Waals surface area contributed by atoms with E-state index < -0.39 is 10.0 Å². The van der Waals surface area contributed by atoms with Crippen molar-refractivity contribution in [3.8, 4) is 5.75 Å². The summed E-state index contributed by atoms with van der Waals surface area (Å²) >= 11 is 0. The zero-order valence-corrected chi connectivity index (χ0v) is 16.2. The van der Waals surface area contributed by atoms with Crippen LogP contribution in [0.5, 0.6) is 5.75 Å². The number of ether oxygens (including phenoxy) is 1. The van der Waals surface area contributed by atoms with Crippen molar-refractivity contribution in [1.82, 2.24) is 9.62 Å². The van der Waals surface area contributed by atoms with E-state index in [1.165, 1.54) is 10.4 Å². The van der Waals surface area contributed by atoms with Crippen molar-refractivity contribution >= 4 is 15.9 Å². The Bertz CT molecular complexity index is 906. The second-order valence-electron chi connectivity index (χ2n) is 6.50. The highest BCUT2D eigenvalue weighted by molar-refractivity contribution is 7.89. The van der Waals surface area contributed by atoms with Gasteiger partial charge in [0, 0.05) is 25.2 Å². The molecule has 27 heavy (non-hydrogen) atoms. The molecule has 0 aliphatic carbocycles. The topological polar surface area (TPSA) is 75.7 Å². The summed E-state index contributed by atoms with van der Waals surface area (Å²) in [5.74, 6) is 0.495. The Morgan fingerprint density at radius 3 is 2.59 bits per heavy atom. The molecule has 1 N–H and O–H groups in total. The van der Waals surface area contributed by atoms with E-state index in [4.69, 9.17) is 4.74 Å². The first-order valence-corrected chi connectivity index (χ1v) is 10.5. The summed E-state index contributed by atoms with van der Waals surface area (Å²) in [4.78, 5) is 12.6. The van der Waals surface area contributed by atoms with Crippen LogP contribution in [0, 0.1) is 0 Å². The average Bonchev–Trinajstić information content (AvgIpc) is 3.24. The van der Waals surface area contributed by atoms with E-state index in [0.717, 1.165) is 24.2 Å². The van der Waals surface area contributed by atoms with Gasteiger partial charge < -0.3 is 10.1 Å². The van der Waals surface area contributed by atoms with Crippen LogP contribution >= 0.6 is 0 Å². The predicted molar refractivity (Wildman–Crippen MR) is 103 cm³/mol. The maximum absolute atomic E-state index is 12.7. The second-order valence-corrected chi connectivity index (χ2v) is 8.43. The lowest BCUT2D eigenvalue weighted by atomic mass is 10.1. The molecule has 1 saturated heterocycles. The monoisotopic (exact) mass is 388 g/mol. The van der Waals surface area contributed by atoms with Crippen LogP contribution in [0.25, 0.3) is 0 Å². The molecule has 1 fully saturated rings. The zero-order valence-electron chi connectivity index (χ0n) is 15.3. The van der Waals surface area contributed by atoms with E-state index in [1.54, 1.807) is 25.3 Å². The van der Waals surface area contributed by atoms with Crippen LogP contribution < -0.4 is 10.1 Å².